The van der Waals surface area contributed by atoms with E-state index in [0.29, 0.717) is 5.13 Å². The minimum atomic E-state index is -0.467. The van der Waals surface area contributed by atoms with Crippen molar-refractivity contribution >= 4 is 33.8 Å². The number of carbonyl (C=O) groups excluding carboxylic acids is 1. The van der Waals surface area contributed by atoms with Crippen LogP contribution in [-0.2, 0) is 0 Å². The number of nitrogen functional groups attached to an aromatic ring is 1. The number of piperidine rings is 1. The summed E-state index contributed by atoms with van der Waals surface area (Å²) in [6, 6.07) is 13.2. The summed E-state index contributed by atoms with van der Waals surface area (Å²) in [6.45, 7) is 5.31. The maximum Gasteiger partial charge on any atom is 0.206 e. The van der Waals surface area contributed by atoms with Crippen LogP contribution in [0.25, 0.3) is 0 Å². The molecule has 0 aliphatic carbocycles. The van der Waals surface area contributed by atoms with Crippen molar-refractivity contribution in [1.82, 2.24) is 9.88 Å². The number of anilines is 3. The highest BCUT2D eigenvalue weighted by atomic mass is 32.1. The first kappa shape index (κ1) is 21.3. The van der Waals surface area contributed by atoms with Crippen LogP contribution in [0.5, 0.6) is 5.75 Å². The summed E-state index contributed by atoms with van der Waals surface area (Å²) in [5.74, 6) is 0.138. The molecule has 2 aromatic carbocycles. The number of carbonyl (C=O) groups is 1. The van der Waals surface area contributed by atoms with Crippen molar-refractivity contribution in [3.63, 3.8) is 0 Å². The second kappa shape index (κ2) is 9.45. The van der Waals surface area contributed by atoms with Crippen LogP contribution in [0, 0.1) is 5.82 Å². The van der Waals surface area contributed by atoms with Crippen molar-refractivity contribution in [2.75, 3.05) is 30.7 Å². The Labute approximate surface area is 184 Å². The third-order valence-electron chi connectivity index (χ3n) is 5.26. The Kier molecular flexibility index (Phi) is 6.48. The number of ketones is 1. The smallest absolute Gasteiger partial charge is 0.206 e. The molecule has 1 fully saturated rings. The third kappa shape index (κ3) is 5.21. The summed E-state index contributed by atoms with van der Waals surface area (Å²) in [5, 5.41) is 3.66. The van der Waals surface area contributed by atoms with Gasteiger partial charge in [-0.15, -0.1) is 0 Å². The van der Waals surface area contributed by atoms with Gasteiger partial charge < -0.3 is 15.8 Å². The number of aromatic nitrogens is 1. The highest BCUT2D eigenvalue weighted by molar-refractivity contribution is 7.18. The fourth-order valence-corrected chi connectivity index (χ4v) is 4.51. The van der Waals surface area contributed by atoms with E-state index >= 15 is 0 Å². The Balaban J connectivity index is 1.40. The zero-order valence-electron chi connectivity index (χ0n) is 17.3. The van der Waals surface area contributed by atoms with Crippen LogP contribution in [-0.4, -0.2) is 41.4 Å². The lowest BCUT2D eigenvalue weighted by atomic mass is 10.1. The van der Waals surface area contributed by atoms with Crippen molar-refractivity contribution in [3.8, 4) is 5.75 Å². The van der Waals surface area contributed by atoms with E-state index in [1.807, 2.05) is 24.3 Å². The van der Waals surface area contributed by atoms with Crippen molar-refractivity contribution < 1.29 is 13.9 Å². The molecule has 3 N–H and O–H groups in total. The zero-order valence-corrected chi connectivity index (χ0v) is 18.1. The lowest BCUT2D eigenvalue weighted by Crippen LogP contribution is -2.40. The second-order valence-corrected chi connectivity index (χ2v) is 8.50. The summed E-state index contributed by atoms with van der Waals surface area (Å²) in [4.78, 5) is 19.6. The number of thiazole rings is 1. The molecule has 0 bridgehead atoms. The Morgan fingerprint density at radius 3 is 2.87 bits per heavy atom. The SMILES string of the molecule is CCN1CCCC(Oc2ccc(Nc3nc(N)c(C(=O)c4cccc(F)c4)s3)cc2)C1. The van der Waals surface area contributed by atoms with Crippen LogP contribution in [0.1, 0.15) is 35.0 Å². The molecule has 8 heteroatoms. The lowest BCUT2D eigenvalue weighted by Gasteiger charge is -2.32. The van der Waals surface area contributed by atoms with Crippen molar-refractivity contribution in [2.45, 2.75) is 25.9 Å². The number of likely N-dealkylation sites (N-methyl/N-ethyl adjacent to an activating group) is 1. The number of rotatable bonds is 7. The summed E-state index contributed by atoms with van der Waals surface area (Å²) in [7, 11) is 0. The van der Waals surface area contributed by atoms with Crippen LogP contribution in [0.4, 0.5) is 21.0 Å². The van der Waals surface area contributed by atoms with Gasteiger partial charge in [-0.25, -0.2) is 9.37 Å². The Bertz CT molecular complexity index is 1050. The van der Waals surface area contributed by atoms with Gasteiger partial charge in [-0.05, 0) is 62.3 Å². The number of likely N-dealkylation sites (tertiary alicyclic amines) is 1. The maximum absolute atomic E-state index is 13.4. The summed E-state index contributed by atoms with van der Waals surface area (Å²) in [5.41, 5.74) is 7.00. The predicted octanol–water partition coefficient (Wildman–Crippen LogP) is 4.70. The van der Waals surface area contributed by atoms with Gasteiger partial charge >= 0.3 is 0 Å². The fraction of sp³-hybridized carbons (Fsp3) is 0.304. The Morgan fingerprint density at radius 2 is 2.13 bits per heavy atom. The van der Waals surface area contributed by atoms with E-state index in [9.17, 15) is 9.18 Å². The van der Waals surface area contributed by atoms with Gasteiger partial charge in [0, 0.05) is 17.8 Å². The topological polar surface area (TPSA) is 80.5 Å². The molecule has 1 atom stereocenters. The summed E-state index contributed by atoms with van der Waals surface area (Å²) in [6.07, 6.45) is 2.43. The van der Waals surface area contributed by atoms with Gasteiger partial charge in [0.25, 0.3) is 0 Å². The van der Waals surface area contributed by atoms with Crippen LogP contribution >= 0.6 is 11.3 Å². The van der Waals surface area contributed by atoms with E-state index in [1.165, 1.54) is 18.2 Å². The lowest BCUT2D eigenvalue weighted by molar-refractivity contribution is 0.0920. The number of ether oxygens (including phenoxy) is 1. The quantitative estimate of drug-likeness (QED) is 0.518. The largest absolute Gasteiger partial charge is 0.489 e. The van der Waals surface area contributed by atoms with E-state index in [-0.39, 0.29) is 28.1 Å². The van der Waals surface area contributed by atoms with Gasteiger partial charge in [0.2, 0.25) is 5.78 Å². The molecule has 3 aromatic rings. The van der Waals surface area contributed by atoms with Gasteiger partial charge in [0.05, 0.1) is 0 Å². The van der Waals surface area contributed by atoms with Gasteiger partial charge in [-0.1, -0.05) is 30.4 Å². The predicted molar refractivity (Wildman–Crippen MR) is 122 cm³/mol. The van der Waals surface area contributed by atoms with E-state index in [4.69, 9.17) is 10.5 Å². The van der Waals surface area contributed by atoms with Crippen molar-refractivity contribution in [3.05, 3.63) is 64.8 Å². The second-order valence-electron chi connectivity index (χ2n) is 7.50. The number of benzene rings is 2. The molecule has 162 valence electrons. The van der Waals surface area contributed by atoms with Gasteiger partial charge in [0.15, 0.2) is 5.13 Å². The van der Waals surface area contributed by atoms with Crippen LogP contribution in [0.3, 0.4) is 0 Å². The minimum absolute atomic E-state index is 0.125. The standard InChI is InChI=1S/C23H25FN4O2S/c1-2-28-12-4-7-19(14-28)30-18-10-8-17(9-11-18)26-23-27-22(25)21(31-23)20(29)15-5-3-6-16(24)13-15/h3,5-6,8-11,13,19H,2,4,7,12,14,25H2,1H3,(H,26,27). The van der Waals surface area contributed by atoms with Gasteiger partial charge in [0.1, 0.15) is 28.4 Å². The van der Waals surface area contributed by atoms with Gasteiger partial charge in [-0.3, -0.25) is 9.69 Å². The zero-order chi connectivity index (χ0) is 21.8. The normalized spacial score (nSPS) is 16.8. The molecule has 2 heterocycles. The molecule has 6 nitrogen and oxygen atoms in total. The highest BCUT2D eigenvalue weighted by Crippen LogP contribution is 2.30. The van der Waals surface area contributed by atoms with Crippen LogP contribution in [0.2, 0.25) is 0 Å². The summed E-state index contributed by atoms with van der Waals surface area (Å²) >= 11 is 1.14. The molecule has 0 saturated carbocycles. The average molecular weight is 441 g/mol. The molecule has 0 amide bonds. The molecule has 1 aliphatic rings. The highest BCUT2D eigenvalue weighted by Gasteiger charge is 2.20. The molecule has 4 rings (SSSR count). The number of halogens is 1. The number of nitrogens with two attached hydrogens (primary N) is 1. The molecule has 1 saturated heterocycles. The van der Waals surface area contributed by atoms with E-state index < -0.39 is 5.82 Å². The molecule has 0 radical (unpaired) electrons. The van der Waals surface area contributed by atoms with E-state index in [1.54, 1.807) is 6.07 Å². The Hall–Kier alpha value is -2.97. The van der Waals surface area contributed by atoms with Crippen LogP contribution in [0.15, 0.2) is 48.5 Å². The first-order valence-corrected chi connectivity index (χ1v) is 11.2. The first-order chi connectivity index (χ1) is 15.0. The molecule has 31 heavy (non-hydrogen) atoms. The average Bonchev–Trinajstić information content (AvgIpc) is 3.14. The first-order valence-electron chi connectivity index (χ1n) is 10.3. The Morgan fingerprint density at radius 1 is 1.32 bits per heavy atom. The number of hydrogen-bond donors (Lipinski definition) is 2. The molecule has 1 aliphatic heterocycles. The molecule has 0 spiro atoms. The van der Waals surface area contributed by atoms with Crippen molar-refractivity contribution in [1.29, 1.82) is 0 Å². The number of hydrogen-bond acceptors (Lipinski definition) is 7. The number of nitrogens with one attached hydrogen (secondary N) is 1. The fourth-order valence-electron chi connectivity index (χ4n) is 3.64. The van der Waals surface area contributed by atoms with E-state index in [2.05, 4.69) is 22.1 Å². The van der Waals surface area contributed by atoms with Gasteiger partial charge in [-0.2, -0.15) is 0 Å². The third-order valence-corrected chi connectivity index (χ3v) is 6.25. The molecule has 1 unspecified atom stereocenters. The number of nitrogens with zero attached hydrogens (tertiary/aromatic N) is 2. The maximum atomic E-state index is 13.4. The monoisotopic (exact) mass is 440 g/mol. The van der Waals surface area contributed by atoms with E-state index in [0.717, 1.165) is 55.2 Å². The molecular weight excluding hydrogens is 415 g/mol. The summed E-state index contributed by atoms with van der Waals surface area (Å²) < 4.78 is 19.6. The van der Waals surface area contributed by atoms with Crippen LogP contribution < -0.4 is 15.8 Å². The minimum Gasteiger partial charge on any atom is -0.489 e. The molecule has 1 aromatic heterocycles. The van der Waals surface area contributed by atoms with Crippen molar-refractivity contribution in [2.24, 2.45) is 0 Å². The molecular formula is C23H25FN4O2S.